The molecule has 2 rings (SSSR count). The van der Waals surface area contributed by atoms with Gasteiger partial charge >= 0.3 is 0 Å². The fourth-order valence-corrected chi connectivity index (χ4v) is 2.71. The largest absolute Gasteiger partial charge is 0.331 e. The molecule has 1 atom stereocenters. The van der Waals surface area contributed by atoms with Gasteiger partial charge in [0.1, 0.15) is 6.04 Å². The summed E-state index contributed by atoms with van der Waals surface area (Å²) in [6, 6.07) is -0.357. The van der Waals surface area contributed by atoms with Gasteiger partial charge in [-0.2, -0.15) is 5.10 Å². The van der Waals surface area contributed by atoms with Crippen LogP contribution in [0.3, 0.4) is 0 Å². The van der Waals surface area contributed by atoms with Gasteiger partial charge in [0.25, 0.3) is 0 Å². The quantitative estimate of drug-likeness (QED) is 0.921. The molecule has 21 heavy (non-hydrogen) atoms. The van der Waals surface area contributed by atoms with Crippen molar-refractivity contribution in [3.8, 4) is 0 Å². The summed E-state index contributed by atoms with van der Waals surface area (Å²) in [4.78, 5) is 25.7. The molecule has 6 nitrogen and oxygen atoms in total. The van der Waals surface area contributed by atoms with Gasteiger partial charge in [0.15, 0.2) is 0 Å². The van der Waals surface area contributed by atoms with E-state index in [1.165, 1.54) is 6.92 Å². The van der Waals surface area contributed by atoms with E-state index in [9.17, 15) is 9.59 Å². The number of rotatable bonds is 4. The van der Waals surface area contributed by atoms with Gasteiger partial charge in [-0.25, -0.2) is 0 Å². The number of piperidine rings is 1. The van der Waals surface area contributed by atoms with Gasteiger partial charge in [0, 0.05) is 26.2 Å². The molecule has 6 heteroatoms. The molecule has 1 N–H and O–H groups in total. The number of amides is 2. The summed E-state index contributed by atoms with van der Waals surface area (Å²) in [6.45, 7) is 7.24. The summed E-state index contributed by atoms with van der Waals surface area (Å²) < 4.78 is 1.82. The number of hydrogen-bond donors (Lipinski definition) is 1. The van der Waals surface area contributed by atoms with Crippen molar-refractivity contribution in [3.63, 3.8) is 0 Å². The summed E-state index contributed by atoms with van der Waals surface area (Å²) in [7, 11) is 0. The van der Waals surface area contributed by atoms with E-state index >= 15 is 0 Å². The highest BCUT2D eigenvalue weighted by Crippen LogP contribution is 2.19. The van der Waals surface area contributed by atoms with Crippen LogP contribution in [0.4, 0.5) is 5.69 Å². The third-order valence-corrected chi connectivity index (χ3v) is 3.66. The van der Waals surface area contributed by atoms with Crippen molar-refractivity contribution < 1.29 is 9.59 Å². The number of carbonyl (C=O) groups excluding carboxylic acids is 2. The third-order valence-electron chi connectivity index (χ3n) is 3.66. The van der Waals surface area contributed by atoms with Gasteiger partial charge in [-0.3, -0.25) is 14.3 Å². The van der Waals surface area contributed by atoms with Crippen molar-refractivity contribution in [2.24, 2.45) is 5.92 Å². The number of anilines is 1. The molecular weight excluding hydrogens is 268 g/mol. The minimum atomic E-state index is -0.357. The number of aromatic nitrogens is 2. The number of nitrogens with zero attached hydrogens (tertiary/aromatic N) is 3. The molecule has 1 fully saturated rings. The fraction of sp³-hybridized carbons (Fsp3) is 0.667. The average Bonchev–Trinajstić information content (AvgIpc) is 2.85. The molecule has 1 aromatic rings. The van der Waals surface area contributed by atoms with E-state index < -0.39 is 0 Å². The third kappa shape index (κ3) is 4.06. The van der Waals surface area contributed by atoms with Crippen molar-refractivity contribution in [1.82, 2.24) is 14.7 Å². The van der Waals surface area contributed by atoms with Gasteiger partial charge in [0.2, 0.25) is 11.8 Å². The van der Waals surface area contributed by atoms with E-state index in [2.05, 4.69) is 24.3 Å². The molecule has 1 aromatic heterocycles. The van der Waals surface area contributed by atoms with Crippen LogP contribution in [0.2, 0.25) is 0 Å². The standard InChI is InChI=1S/C15H24N4O2/c1-11(2)9-18-10-13(8-16-18)17-15(21)14-6-4-5-7-19(14)12(3)20/h8,10-11,14H,4-7,9H2,1-3H3,(H,17,21). The topological polar surface area (TPSA) is 67.2 Å². The summed E-state index contributed by atoms with van der Waals surface area (Å²) >= 11 is 0. The van der Waals surface area contributed by atoms with Gasteiger partial charge < -0.3 is 10.2 Å². The number of likely N-dealkylation sites (tertiary alicyclic amines) is 1. The Kier molecular flexibility index (Phi) is 4.98. The van der Waals surface area contributed by atoms with Crippen LogP contribution in [0, 0.1) is 5.92 Å². The molecule has 0 aliphatic carbocycles. The van der Waals surface area contributed by atoms with E-state index in [0.717, 1.165) is 25.8 Å². The number of nitrogens with one attached hydrogen (secondary N) is 1. The highest BCUT2D eigenvalue weighted by atomic mass is 16.2. The zero-order valence-electron chi connectivity index (χ0n) is 13.0. The Balaban J connectivity index is 1.99. The van der Waals surface area contributed by atoms with Crippen molar-refractivity contribution in [2.45, 2.75) is 52.6 Å². The number of carbonyl (C=O) groups is 2. The highest BCUT2D eigenvalue weighted by molar-refractivity contribution is 5.96. The second kappa shape index (κ2) is 6.74. The van der Waals surface area contributed by atoms with Gasteiger partial charge in [-0.05, 0) is 25.2 Å². The van der Waals surface area contributed by atoms with Crippen molar-refractivity contribution in [1.29, 1.82) is 0 Å². The lowest BCUT2D eigenvalue weighted by atomic mass is 10.0. The molecule has 1 aliphatic rings. The Morgan fingerprint density at radius 3 is 2.86 bits per heavy atom. The first kappa shape index (κ1) is 15.5. The maximum atomic E-state index is 12.4. The molecule has 0 saturated carbocycles. The van der Waals surface area contributed by atoms with Crippen LogP contribution in [-0.2, 0) is 16.1 Å². The molecule has 0 radical (unpaired) electrons. The SMILES string of the molecule is CC(=O)N1CCCCC1C(=O)Nc1cnn(CC(C)C)c1. The van der Waals surface area contributed by atoms with Crippen LogP contribution in [0.25, 0.3) is 0 Å². The van der Waals surface area contributed by atoms with Crippen LogP contribution in [0.15, 0.2) is 12.4 Å². The highest BCUT2D eigenvalue weighted by Gasteiger charge is 2.30. The molecule has 0 spiro atoms. The minimum absolute atomic E-state index is 0.0367. The smallest absolute Gasteiger partial charge is 0.247 e. The van der Waals surface area contributed by atoms with Gasteiger partial charge in [-0.15, -0.1) is 0 Å². The van der Waals surface area contributed by atoms with Crippen molar-refractivity contribution >= 4 is 17.5 Å². The van der Waals surface area contributed by atoms with Crippen LogP contribution in [0.5, 0.6) is 0 Å². The Morgan fingerprint density at radius 2 is 2.19 bits per heavy atom. The van der Waals surface area contributed by atoms with E-state index in [1.807, 2.05) is 10.9 Å². The Morgan fingerprint density at radius 1 is 1.43 bits per heavy atom. The second-order valence-corrected chi connectivity index (χ2v) is 6.06. The average molecular weight is 292 g/mol. The molecule has 2 heterocycles. The van der Waals surface area contributed by atoms with E-state index in [-0.39, 0.29) is 17.9 Å². The maximum absolute atomic E-state index is 12.4. The van der Waals surface area contributed by atoms with Crippen LogP contribution < -0.4 is 5.32 Å². The predicted molar refractivity (Wildman–Crippen MR) is 80.7 cm³/mol. The lowest BCUT2D eigenvalue weighted by Gasteiger charge is -2.33. The summed E-state index contributed by atoms with van der Waals surface area (Å²) in [5, 5.41) is 7.10. The molecule has 0 aromatic carbocycles. The van der Waals surface area contributed by atoms with Crippen LogP contribution in [-0.4, -0.2) is 39.1 Å². The first-order valence-electron chi connectivity index (χ1n) is 7.58. The molecule has 2 amide bonds. The maximum Gasteiger partial charge on any atom is 0.247 e. The van der Waals surface area contributed by atoms with Crippen LogP contribution in [0.1, 0.15) is 40.0 Å². The molecule has 0 bridgehead atoms. The lowest BCUT2D eigenvalue weighted by Crippen LogP contribution is -2.49. The predicted octanol–water partition coefficient (Wildman–Crippen LogP) is 1.88. The lowest BCUT2D eigenvalue weighted by molar-refractivity contribution is -0.138. The molecule has 1 saturated heterocycles. The summed E-state index contributed by atoms with van der Waals surface area (Å²) in [5.41, 5.74) is 0.690. The molecule has 116 valence electrons. The summed E-state index contributed by atoms with van der Waals surface area (Å²) in [5.74, 6) is 0.347. The Bertz CT molecular complexity index is 510. The van der Waals surface area contributed by atoms with Gasteiger partial charge in [0.05, 0.1) is 11.9 Å². The van der Waals surface area contributed by atoms with Crippen molar-refractivity contribution in [3.05, 3.63) is 12.4 Å². The van der Waals surface area contributed by atoms with Crippen LogP contribution >= 0.6 is 0 Å². The number of hydrogen-bond acceptors (Lipinski definition) is 3. The fourth-order valence-electron chi connectivity index (χ4n) is 2.71. The minimum Gasteiger partial charge on any atom is -0.331 e. The van der Waals surface area contributed by atoms with E-state index in [0.29, 0.717) is 18.2 Å². The van der Waals surface area contributed by atoms with Gasteiger partial charge in [-0.1, -0.05) is 13.8 Å². The zero-order valence-corrected chi connectivity index (χ0v) is 13.0. The normalized spacial score (nSPS) is 18.9. The Labute approximate surface area is 125 Å². The first-order valence-corrected chi connectivity index (χ1v) is 7.58. The first-order chi connectivity index (χ1) is 9.97. The second-order valence-electron chi connectivity index (χ2n) is 6.06. The van der Waals surface area contributed by atoms with Crippen molar-refractivity contribution in [2.75, 3.05) is 11.9 Å². The zero-order chi connectivity index (χ0) is 15.4. The monoisotopic (exact) mass is 292 g/mol. The molecule has 1 unspecified atom stereocenters. The van der Waals surface area contributed by atoms with E-state index in [1.54, 1.807) is 11.1 Å². The van der Waals surface area contributed by atoms with E-state index in [4.69, 9.17) is 0 Å². The molecular formula is C15H24N4O2. The Hall–Kier alpha value is -1.85. The molecule has 1 aliphatic heterocycles. The summed E-state index contributed by atoms with van der Waals surface area (Å²) in [6.07, 6.45) is 6.16.